The number of nitrogens with one attached hydrogen (secondary N) is 1. The molecule has 0 atom stereocenters. The second kappa shape index (κ2) is 5.43. The first-order chi connectivity index (χ1) is 6.24. The van der Waals surface area contributed by atoms with Crippen LogP contribution < -0.4 is 5.32 Å². The minimum Gasteiger partial charge on any atom is -0.311 e. The Labute approximate surface area is 86.8 Å². The van der Waals surface area contributed by atoms with Gasteiger partial charge in [0.2, 0.25) is 0 Å². The number of benzene rings is 1. The molecule has 0 aliphatic heterocycles. The second-order valence-corrected chi connectivity index (χ2v) is 3.40. The molecule has 13 heavy (non-hydrogen) atoms. The summed E-state index contributed by atoms with van der Waals surface area (Å²) in [6.45, 7) is 1.39. The lowest BCUT2D eigenvalue weighted by molar-refractivity contribution is 0.626. The predicted molar refractivity (Wildman–Crippen MR) is 53.8 cm³/mol. The zero-order valence-corrected chi connectivity index (χ0v) is 8.50. The molecule has 0 heterocycles. The van der Waals surface area contributed by atoms with Crippen LogP contribution in [0.3, 0.4) is 0 Å². The average molecular weight is 222 g/mol. The Bertz CT molecular complexity index is 278. The predicted octanol–water partition coefficient (Wildman–Crippen LogP) is 2.81. The van der Waals surface area contributed by atoms with Crippen LogP contribution in [0.4, 0.5) is 4.39 Å². The minimum absolute atomic E-state index is 0.158. The molecule has 4 heteroatoms. The fourth-order valence-electron chi connectivity index (χ4n) is 0.949. The highest BCUT2D eigenvalue weighted by Crippen LogP contribution is 2.15. The van der Waals surface area contributed by atoms with Gasteiger partial charge in [0.1, 0.15) is 5.82 Å². The molecule has 0 saturated carbocycles. The summed E-state index contributed by atoms with van der Waals surface area (Å²) in [6.07, 6.45) is 0. The van der Waals surface area contributed by atoms with E-state index in [1.165, 1.54) is 6.07 Å². The van der Waals surface area contributed by atoms with E-state index < -0.39 is 0 Å². The molecule has 1 nitrogen and oxygen atoms in total. The molecule has 1 rings (SSSR count). The molecule has 0 fully saturated rings. The number of hydrogen-bond acceptors (Lipinski definition) is 1. The standard InChI is InChI=1S/C9H10Cl2FN/c10-3-4-13-6-7-1-2-9(12)8(11)5-7/h1-2,5,13H,3-4,6H2. The maximum atomic E-state index is 12.7. The Morgan fingerprint density at radius 2 is 2.15 bits per heavy atom. The third kappa shape index (κ3) is 3.51. The highest BCUT2D eigenvalue weighted by Gasteiger charge is 1.99. The van der Waals surface area contributed by atoms with Crippen molar-refractivity contribution in [3.8, 4) is 0 Å². The van der Waals surface area contributed by atoms with Crippen LogP contribution in [-0.4, -0.2) is 12.4 Å². The van der Waals surface area contributed by atoms with E-state index in [2.05, 4.69) is 5.32 Å². The fourth-order valence-corrected chi connectivity index (χ4v) is 1.29. The van der Waals surface area contributed by atoms with Gasteiger partial charge in [-0.3, -0.25) is 0 Å². The van der Waals surface area contributed by atoms with E-state index in [9.17, 15) is 4.39 Å². The maximum Gasteiger partial charge on any atom is 0.141 e. The van der Waals surface area contributed by atoms with Gasteiger partial charge >= 0.3 is 0 Å². The van der Waals surface area contributed by atoms with Gasteiger partial charge in [-0.25, -0.2) is 4.39 Å². The fraction of sp³-hybridized carbons (Fsp3) is 0.333. The van der Waals surface area contributed by atoms with Gasteiger partial charge in [-0.2, -0.15) is 0 Å². The number of hydrogen-bond donors (Lipinski definition) is 1. The van der Waals surface area contributed by atoms with Crippen LogP contribution in [0.15, 0.2) is 18.2 Å². The van der Waals surface area contributed by atoms with Crippen molar-refractivity contribution < 1.29 is 4.39 Å². The highest BCUT2D eigenvalue weighted by atomic mass is 35.5. The third-order valence-corrected chi connectivity index (χ3v) is 2.06. The normalized spacial score (nSPS) is 10.4. The summed E-state index contributed by atoms with van der Waals surface area (Å²) in [6, 6.07) is 4.67. The lowest BCUT2D eigenvalue weighted by atomic mass is 10.2. The SMILES string of the molecule is Fc1ccc(CNCCCl)cc1Cl. The Balaban J connectivity index is 2.53. The first kappa shape index (κ1) is 10.8. The monoisotopic (exact) mass is 221 g/mol. The molecule has 1 N–H and O–H groups in total. The van der Waals surface area contributed by atoms with Crippen LogP contribution in [0.2, 0.25) is 5.02 Å². The molecule has 0 unspecified atom stereocenters. The summed E-state index contributed by atoms with van der Waals surface area (Å²) in [4.78, 5) is 0. The summed E-state index contributed by atoms with van der Waals surface area (Å²) >= 11 is 11.1. The van der Waals surface area contributed by atoms with Crippen molar-refractivity contribution in [1.82, 2.24) is 5.32 Å². The van der Waals surface area contributed by atoms with Crippen molar-refractivity contribution in [3.05, 3.63) is 34.6 Å². The van der Waals surface area contributed by atoms with Gasteiger partial charge in [-0.05, 0) is 17.7 Å². The van der Waals surface area contributed by atoms with Crippen molar-refractivity contribution in [1.29, 1.82) is 0 Å². The summed E-state index contributed by atoms with van der Waals surface area (Å²) < 4.78 is 12.7. The summed E-state index contributed by atoms with van der Waals surface area (Å²) in [5, 5.41) is 3.24. The molecule has 0 aliphatic rings. The largest absolute Gasteiger partial charge is 0.311 e. The quantitative estimate of drug-likeness (QED) is 0.610. The zero-order chi connectivity index (χ0) is 9.68. The van der Waals surface area contributed by atoms with Crippen molar-refractivity contribution in [3.63, 3.8) is 0 Å². The number of alkyl halides is 1. The average Bonchev–Trinajstić information content (AvgIpc) is 2.12. The van der Waals surface area contributed by atoms with Gasteiger partial charge in [0.15, 0.2) is 0 Å². The molecule has 0 bridgehead atoms. The topological polar surface area (TPSA) is 12.0 Å². The summed E-state index contributed by atoms with van der Waals surface area (Å²) in [5.74, 6) is 0.178. The van der Waals surface area contributed by atoms with Crippen LogP contribution in [-0.2, 0) is 6.54 Å². The van der Waals surface area contributed by atoms with Crippen LogP contribution in [0, 0.1) is 5.82 Å². The molecule has 1 aromatic carbocycles. The molecule has 0 saturated heterocycles. The van der Waals surface area contributed by atoms with Gasteiger partial charge in [-0.1, -0.05) is 17.7 Å². The van der Waals surface area contributed by atoms with Crippen LogP contribution >= 0.6 is 23.2 Å². The lowest BCUT2D eigenvalue weighted by Gasteiger charge is -2.03. The Kier molecular flexibility index (Phi) is 4.50. The molecule has 0 amide bonds. The lowest BCUT2D eigenvalue weighted by Crippen LogP contribution is -2.15. The minimum atomic E-state index is -0.386. The Morgan fingerprint density at radius 3 is 2.77 bits per heavy atom. The molecule has 1 aromatic rings. The molecular weight excluding hydrogens is 212 g/mol. The number of rotatable bonds is 4. The van der Waals surface area contributed by atoms with Crippen LogP contribution in [0.25, 0.3) is 0 Å². The molecule has 0 spiro atoms. The summed E-state index contributed by atoms with van der Waals surface area (Å²) in [5.41, 5.74) is 0.955. The van der Waals surface area contributed by atoms with Crippen molar-refractivity contribution in [2.45, 2.75) is 6.54 Å². The van der Waals surface area contributed by atoms with Crippen LogP contribution in [0.5, 0.6) is 0 Å². The van der Waals surface area contributed by atoms with Crippen molar-refractivity contribution in [2.24, 2.45) is 0 Å². The van der Waals surface area contributed by atoms with Gasteiger partial charge in [-0.15, -0.1) is 11.6 Å². The number of halogens is 3. The van der Waals surface area contributed by atoms with Gasteiger partial charge in [0, 0.05) is 19.0 Å². The van der Waals surface area contributed by atoms with Crippen molar-refractivity contribution >= 4 is 23.2 Å². The van der Waals surface area contributed by atoms with E-state index in [4.69, 9.17) is 23.2 Å². The van der Waals surface area contributed by atoms with E-state index >= 15 is 0 Å². The Morgan fingerprint density at radius 1 is 1.38 bits per heavy atom. The molecule has 0 radical (unpaired) electrons. The first-order valence-electron chi connectivity index (χ1n) is 3.94. The van der Waals surface area contributed by atoms with E-state index in [1.54, 1.807) is 12.1 Å². The van der Waals surface area contributed by atoms with Crippen LogP contribution in [0.1, 0.15) is 5.56 Å². The maximum absolute atomic E-state index is 12.7. The van der Waals surface area contributed by atoms with Gasteiger partial charge < -0.3 is 5.32 Å². The van der Waals surface area contributed by atoms with E-state index in [0.717, 1.165) is 12.1 Å². The van der Waals surface area contributed by atoms with Gasteiger partial charge in [0.05, 0.1) is 5.02 Å². The molecule has 0 aromatic heterocycles. The molecule has 0 aliphatic carbocycles. The highest BCUT2D eigenvalue weighted by molar-refractivity contribution is 6.30. The van der Waals surface area contributed by atoms with Crippen molar-refractivity contribution in [2.75, 3.05) is 12.4 Å². The zero-order valence-electron chi connectivity index (χ0n) is 6.99. The summed E-state index contributed by atoms with van der Waals surface area (Å²) in [7, 11) is 0. The van der Waals surface area contributed by atoms with Gasteiger partial charge in [0.25, 0.3) is 0 Å². The van der Waals surface area contributed by atoms with E-state index in [0.29, 0.717) is 12.4 Å². The van der Waals surface area contributed by atoms with E-state index in [-0.39, 0.29) is 10.8 Å². The second-order valence-electron chi connectivity index (χ2n) is 2.61. The molecule has 72 valence electrons. The smallest absolute Gasteiger partial charge is 0.141 e. The van der Waals surface area contributed by atoms with E-state index in [1.807, 2.05) is 0 Å². The molecular formula is C9H10Cl2FN. The first-order valence-corrected chi connectivity index (χ1v) is 4.86. The third-order valence-electron chi connectivity index (χ3n) is 1.58. The Hall–Kier alpha value is -0.310.